The standard InChI is InChI=1S/C10H7FO4/c11-7-2-3-8(10(14)15)6(5-7)1-4-9(12)13/h1-5H,(H,12,13)(H,14,15). The summed E-state index contributed by atoms with van der Waals surface area (Å²) < 4.78 is 12.8. The highest BCUT2D eigenvalue weighted by atomic mass is 19.1. The van der Waals surface area contributed by atoms with Crippen molar-refractivity contribution in [3.05, 3.63) is 41.2 Å². The van der Waals surface area contributed by atoms with Gasteiger partial charge in [-0.25, -0.2) is 14.0 Å². The zero-order chi connectivity index (χ0) is 11.4. The minimum absolute atomic E-state index is 0.0184. The Hall–Kier alpha value is -2.17. The van der Waals surface area contributed by atoms with Crippen LogP contribution in [0.4, 0.5) is 4.39 Å². The first-order valence-corrected chi connectivity index (χ1v) is 3.94. The van der Waals surface area contributed by atoms with E-state index in [1.54, 1.807) is 0 Å². The minimum atomic E-state index is -1.24. The first-order valence-electron chi connectivity index (χ1n) is 3.94. The van der Waals surface area contributed by atoms with Crippen LogP contribution in [0, 0.1) is 5.82 Å². The molecule has 1 aromatic carbocycles. The van der Waals surface area contributed by atoms with Crippen LogP contribution in [0.1, 0.15) is 15.9 Å². The van der Waals surface area contributed by atoms with E-state index in [1.807, 2.05) is 0 Å². The van der Waals surface area contributed by atoms with Crippen LogP contribution in [-0.4, -0.2) is 22.2 Å². The van der Waals surface area contributed by atoms with E-state index in [2.05, 4.69) is 0 Å². The molecule has 2 N–H and O–H groups in total. The van der Waals surface area contributed by atoms with Crippen molar-refractivity contribution in [2.75, 3.05) is 0 Å². The molecule has 5 heteroatoms. The number of carboxylic acids is 2. The van der Waals surface area contributed by atoms with Crippen molar-refractivity contribution in [1.29, 1.82) is 0 Å². The number of aromatic carboxylic acids is 1. The van der Waals surface area contributed by atoms with Crippen molar-refractivity contribution >= 4 is 18.0 Å². The quantitative estimate of drug-likeness (QED) is 0.743. The summed E-state index contributed by atoms with van der Waals surface area (Å²) in [4.78, 5) is 20.9. The molecule has 0 radical (unpaired) electrons. The van der Waals surface area contributed by atoms with E-state index < -0.39 is 17.8 Å². The van der Waals surface area contributed by atoms with E-state index in [1.165, 1.54) is 0 Å². The molecule has 0 amide bonds. The molecule has 0 aliphatic heterocycles. The van der Waals surface area contributed by atoms with Gasteiger partial charge in [-0.15, -0.1) is 0 Å². The van der Waals surface area contributed by atoms with Gasteiger partial charge < -0.3 is 10.2 Å². The largest absolute Gasteiger partial charge is 0.478 e. The number of aliphatic carboxylic acids is 1. The van der Waals surface area contributed by atoms with Gasteiger partial charge in [-0.2, -0.15) is 0 Å². The molecule has 1 aromatic rings. The van der Waals surface area contributed by atoms with Crippen LogP contribution >= 0.6 is 0 Å². The molecule has 0 heterocycles. The Morgan fingerprint density at radius 1 is 1.27 bits per heavy atom. The Morgan fingerprint density at radius 3 is 2.47 bits per heavy atom. The number of benzene rings is 1. The molecule has 0 unspecified atom stereocenters. The predicted molar refractivity (Wildman–Crippen MR) is 50.0 cm³/mol. The van der Waals surface area contributed by atoms with Crippen LogP contribution in [-0.2, 0) is 4.79 Å². The fourth-order valence-electron chi connectivity index (χ4n) is 1.03. The molecular weight excluding hydrogens is 203 g/mol. The maximum Gasteiger partial charge on any atom is 0.336 e. The smallest absolute Gasteiger partial charge is 0.336 e. The molecular formula is C10H7FO4. The molecule has 78 valence electrons. The van der Waals surface area contributed by atoms with Crippen LogP contribution in [0.25, 0.3) is 6.08 Å². The first-order chi connectivity index (χ1) is 7.00. The van der Waals surface area contributed by atoms with Crippen LogP contribution < -0.4 is 0 Å². The second-order valence-corrected chi connectivity index (χ2v) is 2.71. The first kappa shape index (κ1) is 10.9. The molecule has 0 fully saturated rings. The van der Waals surface area contributed by atoms with Gasteiger partial charge >= 0.3 is 11.9 Å². The van der Waals surface area contributed by atoms with Gasteiger partial charge in [0.2, 0.25) is 0 Å². The average Bonchev–Trinajstić information content (AvgIpc) is 2.14. The molecule has 4 nitrogen and oxygen atoms in total. The molecule has 15 heavy (non-hydrogen) atoms. The number of halogens is 1. The lowest BCUT2D eigenvalue weighted by atomic mass is 10.1. The predicted octanol–water partition coefficient (Wildman–Crippen LogP) is 1.62. The molecule has 0 bridgehead atoms. The fourth-order valence-corrected chi connectivity index (χ4v) is 1.03. The number of rotatable bonds is 3. The van der Waals surface area contributed by atoms with Gasteiger partial charge in [0.1, 0.15) is 5.82 Å². The summed E-state index contributed by atoms with van der Waals surface area (Å²) in [5, 5.41) is 17.1. The Labute approximate surface area is 84.3 Å². The van der Waals surface area contributed by atoms with Crippen LogP contribution in [0.15, 0.2) is 24.3 Å². The molecule has 0 spiro atoms. The van der Waals surface area contributed by atoms with Gasteiger partial charge in [0.25, 0.3) is 0 Å². The topological polar surface area (TPSA) is 74.6 Å². The zero-order valence-corrected chi connectivity index (χ0v) is 7.48. The summed E-state index contributed by atoms with van der Waals surface area (Å²) >= 11 is 0. The van der Waals surface area contributed by atoms with E-state index in [9.17, 15) is 14.0 Å². The third kappa shape index (κ3) is 2.91. The zero-order valence-electron chi connectivity index (χ0n) is 7.48. The molecule has 0 aromatic heterocycles. The third-order valence-electron chi connectivity index (χ3n) is 1.65. The van der Waals surface area contributed by atoms with Crippen LogP contribution in [0.2, 0.25) is 0 Å². The van der Waals surface area contributed by atoms with E-state index in [0.29, 0.717) is 0 Å². The highest BCUT2D eigenvalue weighted by molar-refractivity contribution is 5.94. The number of carbonyl (C=O) groups is 2. The number of hydrogen-bond acceptors (Lipinski definition) is 2. The summed E-state index contributed by atoms with van der Waals surface area (Å²) in [5.41, 5.74) is -0.126. The highest BCUT2D eigenvalue weighted by Crippen LogP contribution is 2.13. The van der Waals surface area contributed by atoms with Gasteiger partial charge in [-0.05, 0) is 29.8 Å². The van der Waals surface area contributed by atoms with E-state index >= 15 is 0 Å². The Bertz CT molecular complexity index is 437. The molecule has 0 saturated carbocycles. The minimum Gasteiger partial charge on any atom is -0.478 e. The Morgan fingerprint density at radius 2 is 1.93 bits per heavy atom. The summed E-state index contributed by atoms with van der Waals surface area (Å²) in [6, 6.07) is 3.05. The Kier molecular flexibility index (Phi) is 3.17. The molecule has 0 aliphatic carbocycles. The van der Waals surface area contributed by atoms with Crippen LogP contribution in [0.3, 0.4) is 0 Å². The average molecular weight is 210 g/mol. The second kappa shape index (κ2) is 4.36. The molecule has 0 saturated heterocycles. The lowest BCUT2D eigenvalue weighted by molar-refractivity contribution is -0.131. The van der Waals surface area contributed by atoms with Crippen molar-refractivity contribution in [1.82, 2.24) is 0 Å². The summed E-state index contributed by atoms with van der Waals surface area (Å²) in [6.45, 7) is 0. The van der Waals surface area contributed by atoms with Gasteiger partial charge in [0, 0.05) is 6.08 Å². The van der Waals surface area contributed by atoms with E-state index in [4.69, 9.17) is 10.2 Å². The van der Waals surface area contributed by atoms with Gasteiger partial charge in [0.05, 0.1) is 5.56 Å². The Balaban J connectivity index is 3.18. The third-order valence-corrected chi connectivity index (χ3v) is 1.65. The summed E-state index contributed by atoms with van der Waals surface area (Å²) in [6.07, 6.45) is 1.79. The van der Waals surface area contributed by atoms with Crippen molar-refractivity contribution in [2.45, 2.75) is 0 Å². The lowest BCUT2D eigenvalue weighted by Gasteiger charge is -2.00. The van der Waals surface area contributed by atoms with Crippen molar-refractivity contribution in [3.8, 4) is 0 Å². The van der Waals surface area contributed by atoms with Gasteiger partial charge in [-0.3, -0.25) is 0 Å². The SMILES string of the molecule is O=C(O)C=Cc1cc(F)ccc1C(=O)O. The van der Waals surface area contributed by atoms with Crippen molar-refractivity contribution in [3.63, 3.8) is 0 Å². The molecule has 0 atom stereocenters. The fraction of sp³-hybridized carbons (Fsp3) is 0. The van der Waals surface area contributed by atoms with Crippen molar-refractivity contribution < 1.29 is 24.2 Å². The monoisotopic (exact) mass is 210 g/mol. The molecule has 0 aliphatic rings. The summed E-state index contributed by atoms with van der Waals surface area (Å²) in [7, 11) is 0. The highest BCUT2D eigenvalue weighted by Gasteiger charge is 2.08. The lowest BCUT2D eigenvalue weighted by Crippen LogP contribution is -2.00. The van der Waals surface area contributed by atoms with Crippen LogP contribution in [0.5, 0.6) is 0 Å². The van der Waals surface area contributed by atoms with Crippen molar-refractivity contribution in [2.24, 2.45) is 0 Å². The second-order valence-electron chi connectivity index (χ2n) is 2.71. The maximum absolute atomic E-state index is 12.8. The van der Waals surface area contributed by atoms with E-state index in [0.717, 1.165) is 30.4 Å². The summed E-state index contributed by atoms with van der Waals surface area (Å²) in [5.74, 6) is -3.08. The molecule has 1 rings (SSSR count). The number of carboxylic acid groups (broad SMARTS) is 2. The number of hydrogen-bond donors (Lipinski definition) is 2. The normalized spacial score (nSPS) is 10.5. The van der Waals surface area contributed by atoms with Gasteiger partial charge in [-0.1, -0.05) is 0 Å². The van der Waals surface area contributed by atoms with E-state index in [-0.39, 0.29) is 11.1 Å². The maximum atomic E-state index is 12.8. The van der Waals surface area contributed by atoms with Gasteiger partial charge in [0.15, 0.2) is 0 Å².